The van der Waals surface area contributed by atoms with Crippen LogP contribution in [0.1, 0.15) is 39.0 Å². The van der Waals surface area contributed by atoms with Gasteiger partial charge in [-0.3, -0.25) is 4.79 Å². The van der Waals surface area contributed by atoms with Crippen molar-refractivity contribution < 1.29 is 4.79 Å². The molecule has 0 aliphatic rings. The molecule has 3 aromatic rings. The number of carbonyl (C=O) groups is 1. The van der Waals surface area contributed by atoms with Crippen molar-refractivity contribution in [3.05, 3.63) is 69.7 Å². The SMILES string of the molecule is CCc1ccccc1Nc1nc(C)c(C(=O)Nc2cc(C)cc(C)c2)s1. The average Bonchev–Trinajstić information content (AvgIpc) is 2.95. The van der Waals surface area contributed by atoms with Gasteiger partial charge in [0.05, 0.1) is 5.69 Å². The molecule has 5 heteroatoms. The van der Waals surface area contributed by atoms with Crippen molar-refractivity contribution >= 4 is 33.8 Å². The normalized spacial score (nSPS) is 10.6. The molecule has 0 spiro atoms. The minimum atomic E-state index is -0.123. The molecule has 0 unspecified atom stereocenters. The van der Waals surface area contributed by atoms with Gasteiger partial charge >= 0.3 is 0 Å². The molecule has 1 aromatic heterocycles. The Kier molecular flexibility index (Phi) is 5.38. The highest BCUT2D eigenvalue weighted by molar-refractivity contribution is 7.17. The zero-order valence-corrected chi connectivity index (χ0v) is 16.3. The van der Waals surface area contributed by atoms with E-state index in [0.717, 1.165) is 39.7 Å². The number of nitrogens with zero attached hydrogens (tertiary/aromatic N) is 1. The number of nitrogens with one attached hydrogen (secondary N) is 2. The topological polar surface area (TPSA) is 54.0 Å². The van der Waals surface area contributed by atoms with Crippen LogP contribution in [0.4, 0.5) is 16.5 Å². The summed E-state index contributed by atoms with van der Waals surface area (Å²) in [5.74, 6) is -0.123. The number of carbonyl (C=O) groups excluding carboxylic acids is 1. The van der Waals surface area contributed by atoms with E-state index in [0.29, 0.717) is 4.88 Å². The number of amides is 1. The van der Waals surface area contributed by atoms with Crippen LogP contribution in [0.3, 0.4) is 0 Å². The summed E-state index contributed by atoms with van der Waals surface area (Å²) in [4.78, 5) is 17.8. The van der Waals surface area contributed by atoms with Crippen molar-refractivity contribution in [2.45, 2.75) is 34.1 Å². The van der Waals surface area contributed by atoms with E-state index in [9.17, 15) is 4.79 Å². The predicted molar refractivity (Wildman–Crippen MR) is 110 cm³/mol. The second-order valence-electron chi connectivity index (χ2n) is 6.40. The third kappa shape index (κ3) is 4.11. The summed E-state index contributed by atoms with van der Waals surface area (Å²) in [5, 5.41) is 7.06. The van der Waals surface area contributed by atoms with Crippen LogP contribution >= 0.6 is 11.3 Å². The van der Waals surface area contributed by atoms with E-state index < -0.39 is 0 Å². The summed E-state index contributed by atoms with van der Waals surface area (Å²) < 4.78 is 0. The number of aromatic nitrogens is 1. The number of hydrogen-bond donors (Lipinski definition) is 2. The van der Waals surface area contributed by atoms with Crippen molar-refractivity contribution in [1.82, 2.24) is 4.98 Å². The Hall–Kier alpha value is -2.66. The molecule has 2 aromatic carbocycles. The molecule has 0 radical (unpaired) electrons. The molecule has 26 heavy (non-hydrogen) atoms. The van der Waals surface area contributed by atoms with E-state index in [4.69, 9.17) is 0 Å². The number of rotatable bonds is 5. The maximum atomic E-state index is 12.7. The smallest absolute Gasteiger partial charge is 0.267 e. The summed E-state index contributed by atoms with van der Waals surface area (Å²) in [6.07, 6.45) is 0.938. The van der Waals surface area contributed by atoms with Crippen molar-refractivity contribution in [3.8, 4) is 0 Å². The van der Waals surface area contributed by atoms with Crippen LogP contribution in [0.5, 0.6) is 0 Å². The van der Waals surface area contributed by atoms with E-state index in [2.05, 4.69) is 34.7 Å². The lowest BCUT2D eigenvalue weighted by molar-refractivity contribution is 0.103. The molecule has 0 saturated carbocycles. The fourth-order valence-electron chi connectivity index (χ4n) is 2.96. The highest BCUT2D eigenvalue weighted by atomic mass is 32.1. The predicted octanol–water partition coefficient (Wildman–Crippen LogP) is 5.63. The van der Waals surface area contributed by atoms with Crippen LogP contribution in [0, 0.1) is 20.8 Å². The standard InChI is InChI=1S/C21H23N3OS/c1-5-16-8-6-7-9-18(16)24-21-22-15(4)19(26-21)20(25)23-17-11-13(2)10-14(3)12-17/h6-12H,5H2,1-4H3,(H,22,24)(H,23,25). The molecule has 3 rings (SSSR count). The van der Waals surface area contributed by atoms with E-state index in [1.165, 1.54) is 16.9 Å². The van der Waals surface area contributed by atoms with Crippen molar-refractivity contribution in [3.63, 3.8) is 0 Å². The molecular formula is C21H23N3OS. The summed E-state index contributed by atoms with van der Waals surface area (Å²) in [7, 11) is 0. The van der Waals surface area contributed by atoms with Crippen LogP contribution in [-0.2, 0) is 6.42 Å². The first-order chi connectivity index (χ1) is 12.5. The zero-order valence-electron chi connectivity index (χ0n) is 15.5. The maximum Gasteiger partial charge on any atom is 0.267 e. The monoisotopic (exact) mass is 365 g/mol. The second kappa shape index (κ2) is 7.70. The molecule has 0 saturated heterocycles. The molecule has 0 bridgehead atoms. The third-order valence-electron chi connectivity index (χ3n) is 4.12. The van der Waals surface area contributed by atoms with Gasteiger partial charge in [0.2, 0.25) is 0 Å². The molecule has 134 valence electrons. The minimum Gasteiger partial charge on any atom is -0.331 e. The lowest BCUT2D eigenvalue weighted by atomic mass is 10.1. The number of hydrogen-bond acceptors (Lipinski definition) is 4. The molecule has 0 aliphatic heterocycles. The van der Waals surface area contributed by atoms with Gasteiger partial charge in [-0.15, -0.1) is 0 Å². The van der Waals surface area contributed by atoms with Gasteiger partial charge in [-0.05, 0) is 62.1 Å². The molecular weight excluding hydrogens is 342 g/mol. The Balaban J connectivity index is 1.80. The Labute approximate surface area is 158 Å². The number of aryl methyl sites for hydroxylation is 4. The minimum absolute atomic E-state index is 0.123. The maximum absolute atomic E-state index is 12.7. The Bertz CT molecular complexity index is 926. The highest BCUT2D eigenvalue weighted by Crippen LogP contribution is 2.28. The molecule has 0 aliphatic carbocycles. The van der Waals surface area contributed by atoms with Gasteiger partial charge in [0.25, 0.3) is 5.91 Å². The fourth-order valence-corrected chi connectivity index (χ4v) is 3.84. The molecule has 4 nitrogen and oxygen atoms in total. The van der Waals surface area contributed by atoms with Crippen LogP contribution in [0.15, 0.2) is 42.5 Å². The lowest BCUT2D eigenvalue weighted by Gasteiger charge is -2.08. The van der Waals surface area contributed by atoms with E-state index in [-0.39, 0.29) is 5.91 Å². The first kappa shape index (κ1) is 18.1. The Morgan fingerprint density at radius 1 is 1.08 bits per heavy atom. The first-order valence-electron chi connectivity index (χ1n) is 8.68. The van der Waals surface area contributed by atoms with Crippen LogP contribution in [0.2, 0.25) is 0 Å². The summed E-state index contributed by atoms with van der Waals surface area (Å²) in [6.45, 7) is 8.03. The van der Waals surface area contributed by atoms with E-state index in [1.807, 2.05) is 51.1 Å². The van der Waals surface area contributed by atoms with Gasteiger partial charge < -0.3 is 10.6 Å². The average molecular weight is 366 g/mol. The largest absolute Gasteiger partial charge is 0.331 e. The van der Waals surface area contributed by atoms with Crippen LogP contribution < -0.4 is 10.6 Å². The van der Waals surface area contributed by atoms with Crippen LogP contribution in [0.25, 0.3) is 0 Å². The number of benzene rings is 2. The zero-order chi connectivity index (χ0) is 18.7. The van der Waals surface area contributed by atoms with Gasteiger partial charge in [0.15, 0.2) is 5.13 Å². The fraction of sp³-hybridized carbons (Fsp3) is 0.238. The van der Waals surface area contributed by atoms with E-state index >= 15 is 0 Å². The third-order valence-corrected chi connectivity index (χ3v) is 5.19. The highest BCUT2D eigenvalue weighted by Gasteiger charge is 2.16. The Morgan fingerprint density at radius 3 is 2.46 bits per heavy atom. The summed E-state index contributed by atoms with van der Waals surface area (Å²) >= 11 is 1.38. The molecule has 0 atom stereocenters. The summed E-state index contributed by atoms with van der Waals surface area (Å²) in [6, 6.07) is 14.2. The first-order valence-corrected chi connectivity index (χ1v) is 9.50. The molecule has 0 fully saturated rings. The molecule has 1 heterocycles. The van der Waals surface area contributed by atoms with Crippen molar-refractivity contribution in [2.75, 3.05) is 10.6 Å². The second-order valence-corrected chi connectivity index (χ2v) is 7.40. The van der Waals surface area contributed by atoms with Gasteiger partial charge in [-0.1, -0.05) is 42.5 Å². The Morgan fingerprint density at radius 2 is 1.77 bits per heavy atom. The van der Waals surface area contributed by atoms with Gasteiger partial charge in [0.1, 0.15) is 4.88 Å². The molecule has 2 N–H and O–H groups in total. The van der Waals surface area contributed by atoms with Crippen molar-refractivity contribution in [1.29, 1.82) is 0 Å². The number of thiazole rings is 1. The quantitative estimate of drug-likeness (QED) is 0.616. The molecule has 1 amide bonds. The lowest BCUT2D eigenvalue weighted by Crippen LogP contribution is -2.11. The summed E-state index contributed by atoms with van der Waals surface area (Å²) in [5.41, 5.74) is 6.05. The van der Waals surface area contributed by atoms with Gasteiger partial charge in [0, 0.05) is 11.4 Å². The number of para-hydroxylation sites is 1. The van der Waals surface area contributed by atoms with E-state index in [1.54, 1.807) is 0 Å². The van der Waals surface area contributed by atoms with Crippen molar-refractivity contribution in [2.24, 2.45) is 0 Å². The van der Waals surface area contributed by atoms with Gasteiger partial charge in [-0.25, -0.2) is 4.98 Å². The number of anilines is 3. The van der Waals surface area contributed by atoms with Gasteiger partial charge in [-0.2, -0.15) is 0 Å². The van der Waals surface area contributed by atoms with Crippen LogP contribution in [-0.4, -0.2) is 10.9 Å².